The van der Waals surface area contributed by atoms with Gasteiger partial charge < -0.3 is 9.84 Å². The van der Waals surface area contributed by atoms with Crippen LogP contribution in [-0.2, 0) is 21.1 Å². The Morgan fingerprint density at radius 1 is 1.35 bits per heavy atom. The first kappa shape index (κ1) is 14.8. The average Bonchev–Trinajstić information content (AvgIpc) is 2.38. The number of benzene rings is 1. The third-order valence-electron chi connectivity index (χ3n) is 3.75. The Kier molecular flexibility index (Phi) is 4.32. The Labute approximate surface area is 118 Å². The van der Waals surface area contributed by atoms with E-state index in [9.17, 15) is 18.3 Å². The molecule has 0 aliphatic carbocycles. The van der Waals surface area contributed by atoms with Gasteiger partial charge in [-0.15, -0.1) is 0 Å². The zero-order chi connectivity index (χ0) is 14.8. The summed E-state index contributed by atoms with van der Waals surface area (Å²) in [5, 5.41) is 9.22. The summed E-state index contributed by atoms with van der Waals surface area (Å²) in [7, 11) is -1.55. The minimum atomic E-state index is -3.12. The summed E-state index contributed by atoms with van der Waals surface area (Å²) in [5.74, 6) is -1.20. The zero-order valence-corrected chi connectivity index (χ0v) is 12.1. The normalized spacial score (nSPS) is 25.1. The predicted octanol–water partition coefficient (Wildman–Crippen LogP) is 1.37. The first-order valence-corrected chi connectivity index (χ1v) is 8.29. The number of aliphatic carboxylic acids is 1. The number of hydrogen-bond donors (Lipinski definition) is 1. The molecule has 0 radical (unpaired) electrons. The van der Waals surface area contributed by atoms with Crippen molar-refractivity contribution in [1.82, 2.24) is 0 Å². The molecule has 0 spiro atoms. The molecule has 2 rings (SSSR count). The summed E-state index contributed by atoms with van der Waals surface area (Å²) in [6, 6.07) is 7.28. The lowest BCUT2D eigenvalue weighted by Crippen LogP contribution is -2.38. The standard InChI is InChI=1S/C14H18O5S/c1-19-12-4-2-10(3-5-12)8-11-9-20(17,18)7-6-13(11)14(15)16/h2-5,11,13H,6-9H2,1H3,(H,15,16). The van der Waals surface area contributed by atoms with E-state index < -0.39 is 21.7 Å². The van der Waals surface area contributed by atoms with Gasteiger partial charge in [-0.3, -0.25) is 4.79 Å². The van der Waals surface area contributed by atoms with Gasteiger partial charge in [-0.25, -0.2) is 8.42 Å². The van der Waals surface area contributed by atoms with Crippen LogP contribution in [0.5, 0.6) is 5.75 Å². The number of hydrogen-bond acceptors (Lipinski definition) is 4. The minimum absolute atomic E-state index is 0.0247. The highest BCUT2D eigenvalue weighted by molar-refractivity contribution is 7.91. The lowest BCUT2D eigenvalue weighted by atomic mass is 9.86. The molecule has 6 heteroatoms. The van der Waals surface area contributed by atoms with Crippen molar-refractivity contribution in [2.24, 2.45) is 11.8 Å². The highest BCUT2D eigenvalue weighted by Gasteiger charge is 2.37. The molecule has 5 nitrogen and oxygen atoms in total. The van der Waals surface area contributed by atoms with Gasteiger partial charge in [-0.1, -0.05) is 12.1 Å². The second-order valence-electron chi connectivity index (χ2n) is 5.16. The van der Waals surface area contributed by atoms with Crippen LogP contribution in [0.4, 0.5) is 0 Å². The third kappa shape index (κ3) is 3.50. The van der Waals surface area contributed by atoms with Gasteiger partial charge in [-0.05, 0) is 36.5 Å². The summed E-state index contributed by atoms with van der Waals surface area (Å²) >= 11 is 0. The summed E-state index contributed by atoms with van der Waals surface area (Å²) in [4.78, 5) is 11.3. The molecule has 1 aliphatic rings. The number of rotatable bonds is 4. The summed E-state index contributed by atoms with van der Waals surface area (Å²) in [6.07, 6.45) is 0.665. The van der Waals surface area contributed by atoms with Crippen molar-refractivity contribution < 1.29 is 23.1 Å². The molecule has 110 valence electrons. The molecule has 0 aromatic heterocycles. The van der Waals surface area contributed by atoms with E-state index in [1.165, 1.54) is 0 Å². The van der Waals surface area contributed by atoms with Crippen molar-refractivity contribution in [3.05, 3.63) is 29.8 Å². The molecule has 1 fully saturated rings. The van der Waals surface area contributed by atoms with E-state index in [1.807, 2.05) is 12.1 Å². The molecule has 1 aliphatic heterocycles. The maximum absolute atomic E-state index is 11.7. The van der Waals surface area contributed by atoms with Crippen LogP contribution in [0.15, 0.2) is 24.3 Å². The first-order valence-electron chi connectivity index (χ1n) is 6.47. The van der Waals surface area contributed by atoms with Crippen LogP contribution in [0.3, 0.4) is 0 Å². The fraction of sp³-hybridized carbons (Fsp3) is 0.500. The maximum Gasteiger partial charge on any atom is 0.306 e. The number of carbonyl (C=O) groups is 1. The van der Waals surface area contributed by atoms with E-state index in [1.54, 1.807) is 19.2 Å². The zero-order valence-electron chi connectivity index (χ0n) is 11.3. The van der Waals surface area contributed by atoms with Crippen molar-refractivity contribution in [3.8, 4) is 5.75 Å². The number of sulfone groups is 1. The summed E-state index contributed by atoms with van der Waals surface area (Å²) in [5.41, 5.74) is 0.930. The van der Waals surface area contributed by atoms with Gasteiger partial charge in [0.1, 0.15) is 5.75 Å². The van der Waals surface area contributed by atoms with Crippen molar-refractivity contribution in [1.29, 1.82) is 0 Å². The molecule has 0 saturated carbocycles. The highest BCUT2D eigenvalue weighted by atomic mass is 32.2. The summed E-state index contributed by atoms with van der Waals surface area (Å²) in [6.45, 7) is 0. The molecule has 0 amide bonds. The quantitative estimate of drug-likeness (QED) is 0.908. The monoisotopic (exact) mass is 298 g/mol. The van der Waals surface area contributed by atoms with E-state index in [0.29, 0.717) is 6.42 Å². The van der Waals surface area contributed by atoms with Crippen LogP contribution < -0.4 is 4.74 Å². The molecule has 0 bridgehead atoms. The van der Waals surface area contributed by atoms with Gasteiger partial charge in [0.05, 0.1) is 24.5 Å². The summed E-state index contributed by atoms with van der Waals surface area (Å²) < 4.78 is 28.5. The lowest BCUT2D eigenvalue weighted by molar-refractivity contribution is -0.143. The van der Waals surface area contributed by atoms with Gasteiger partial charge in [0.15, 0.2) is 9.84 Å². The molecule has 2 atom stereocenters. The number of carboxylic acids is 1. The number of methoxy groups -OCH3 is 1. The number of ether oxygens (including phenoxy) is 1. The maximum atomic E-state index is 11.7. The molecular formula is C14H18O5S. The molecule has 2 unspecified atom stereocenters. The average molecular weight is 298 g/mol. The Balaban J connectivity index is 2.16. The van der Waals surface area contributed by atoms with E-state index >= 15 is 0 Å². The largest absolute Gasteiger partial charge is 0.497 e. The van der Waals surface area contributed by atoms with Gasteiger partial charge >= 0.3 is 5.97 Å². The van der Waals surface area contributed by atoms with Crippen LogP contribution in [0.25, 0.3) is 0 Å². The van der Waals surface area contributed by atoms with Crippen LogP contribution >= 0.6 is 0 Å². The van der Waals surface area contributed by atoms with Gasteiger partial charge in [-0.2, -0.15) is 0 Å². The van der Waals surface area contributed by atoms with Gasteiger partial charge in [0, 0.05) is 0 Å². The fourth-order valence-electron chi connectivity index (χ4n) is 2.66. The molecule has 1 aromatic carbocycles. The molecule has 1 saturated heterocycles. The Morgan fingerprint density at radius 2 is 2.00 bits per heavy atom. The van der Waals surface area contributed by atoms with Crippen molar-refractivity contribution in [3.63, 3.8) is 0 Å². The highest BCUT2D eigenvalue weighted by Crippen LogP contribution is 2.29. The van der Waals surface area contributed by atoms with E-state index in [4.69, 9.17) is 4.74 Å². The third-order valence-corrected chi connectivity index (χ3v) is 5.54. The SMILES string of the molecule is COc1ccc(CC2CS(=O)(=O)CCC2C(=O)O)cc1. The minimum Gasteiger partial charge on any atom is -0.497 e. The number of carboxylic acid groups (broad SMARTS) is 1. The second kappa shape index (κ2) is 5.83. The molecule has 1 aromatic rings. The molecule has 1 N–H and O–H groups in total. The van der Waals surface area contributed by atoms with Crippen molar-refractivity contribution in [2.45, 2.75) is 12.8 Å². The molecular weight excluding hydrogens is 280 g/mol. The topological polar surface area (TPSA) is 80.7 Å². The van der Waals surface area contributed by atoms with E-state index in [0.717, 1.165) is 11.3 Å². The van der Waals surface area contributed by atoms with E-state index in [2.05, 4.69) is 0 Å². The molecule has 20 heavy (non-hydrogen) atoms. The van der Waals surface area contributed by atoms with E-state index in [-0.39, 0.29) is 23.8 Å². The van der Waals surface area contributed by atoms with Gasteiger partial charge in [0.2, 0.25) is 0 Å². The van der Waals surface area contributed by atoms with Crippen LogP contribution in [-0.4, -0.2) is 38.1 Å². The lowest BCUT2D eigenvalue weighted by Gasteiger charge is -2.28. The van der Waals surface area contributed by atoms with Crippen LogP contribution in [0.2, 0.25) is 0 Å². The van der Waals surface area contributed by atoms with Crippen molar-refractivity contribution >= 4 is 15.8 Å². The van der Waals surface area contributed by atoms with Crippen molar-refractivity contribution in [2.75, 3.05) is 18.6 Å². The Bertz CT molecular complexity index is 576. The smallest absolute Gasteiger partial charge is 0.306 e. The molecule has 1 heterocycles. The fourth-order valence-corrected chi connectivity index (χ4v) is 4.44. The Morgan fingerprint density at radius 3 is 2.55 bits per heavy atom. The van der Waals surface area contributed by atoms with Gasteiger partial charge in [0.25, 0.3) is 0 Å². The predicted molar refractivity (Wildman–Crippen MR) is 74.6 cm³/mol. The Hall–Kier alpha value is -1.56. The first-order chi connectivity index (χ1) is 9.41. The van der Waals surface area contributed by atoms with Crippen LogP contribution in [0, 0.1) is 11.8 Å². The second-order valence-corrected chi connectivity index (χ2v) is 7.39. The van der Waals surface area contributed by atoms with Crippen LogP contribution in [0.1, 0.15) is 12.0 Å².